The van der Waals surface area contributed by atoms with E-state index >= 15 is 0 Å². The van der Waals surface area contributed by atoms with Crippen molar-refractivity contribution in [2.75, 3.05) is 7.11 Å². The smallest absolute Gasteiger partial charge is 0.210 e. The number of nitrogens with zero attached hydrogens (tertiary/aromatic N) is 1. The molecule has 0 aliphatic rings. The largest absolute Gasteiger partial charge is 0.497 e. The van der Waals surface area contributed by atoms with Gasteiger partial charge in [-0.1, -0.05) is 0 Å². The molecular weight excluding hydrogens is 269 g/mol. The number of fused-ring (bicyclic) bond motifs is 1. The number of rotatable bonds is 2. The fourth-order valence-corrected chi connectivity index (χ4v) is 1.81. The summed E-state index contributed by atoms with van der Waals surface area (Å²) in [5.41, 5.74) is 1.44. The molecule has 0 bridgehead atoms. The molecule has 2 aromatic rings. The van der Waals surface area contributed by atoms with Crippen LogP contribution in [0.4, 0.5) is 0 Å². The van der Waals surface area contributed by atoms with Crippen molar-refractivity contribution in [1.82, 2.24) is 4.98 Å². The van der Waals surface area contributed by atoms with E-state index < -0.39 is 0 Å². The Labute approximate surface area is 94.1 Å². The van der Waals surface area contributed by atoms with Gasteiger partial charge >= 0.3 is 0 Å². The van der Waals surface area contributed by atoms with Crippen molar-refractivity contribution in [2.45, 2.75) is 5.88 Å². The Kier molecular flexibility index (Phi) is 2.65. The van der Waals surface area contributed by atoms with Crippen molar-refractivity contribution in [2.24, 2.45) is 0 Å². The van der Waals surface area contributed by atoms with Crippen LogP contribution < -0.4 is 4.74 Å². The second kappa shape index (κ2) is 3.79. The lowest BCUT2D eigenvalue weighted by molar-refractivity contribution is 0.415. The summed E-state index contributed by atoms with van der Waals surface area (Å²) in [6.45, 7) is 0. The second-order valence-electron chi connectivity index (χ2n) is 2.70. The number of methoxy groups -OCH3 is 1. The minimum atomic E-state index is 0.267. The molecule has 0 aliphatic carbocycles. The number of hydrogen-bond donors (Lipinski definition) is 0. The van der Waals surface area contributed by atoms with E-state index in [0.717, 1.165) is 15.7 Å². The Balaban J connectivity index is 2.67. The van der Waals surface area contributed by atoms with Gasteiger partial charge in [0.05, 0.1) is 17.5 Å². The zero-order valence-corrected chi connectivity index (χ0v) is 9.72. The average Bonchev–Trinajstić information content (AvgIpc) is 2.61. The highest BCUT2D eigenvalue weighted by atomic mass is 79.9. The molecule has 0 saturated carbocycles. The van der Waals surface area contributed by atoms with Gasteiger partial charge in [-0.3, -0.25) is 0 Å². The molecule has 0 atom stereocenters. The maximum Gasteiger partial charge on any atom is 0.210 e. The third-order valence-corrected chi connectivity index (χ3v) is 2.63. The summed E-state index contributed by atoms with van der Waals surface area (Å²) in [6, 6.07) is 3.63. The van der Waals surface area contributed by atoms with Crippen molar-refractivity contribution in [3.8, 4) is 5.75 Å². The van der Waals surface area contributed by atoms with Crippen LogP contribution in [0.2, 0.25) is 0 Å². The van der Waals surface area contributed by atoms with Crippen LogP contribution in [0.25, 0.3) is 11.1 Å². The first kappa shape index (κ1) is 9.80. The van der Waals surface area contributed by atoms with Gasteiger partial charge in [0, 0.05) is 6.07 Å². The number of benzene rings is 1. The minimum absolute atomic E-state index is 0.267. The van der Waals surface area contributed by atoms with Gasteiger partial charge < -0.3 is 9.15 Å². The first-order valence-corrected chi connectivity index (χ1v) is 5.26. The summed E-state index contributed by atoms with van der Waals surface area (Å²) in [4.78, 5) is 4.19. The van der Waals surface area contributed by atoms with E-state index in [9.17, 15) is 0 Å². The van der Waals surface area contributed by atoms with E-state index in [-0.39, 0.29) is 5.88 Å². The van der Waals surface area contributed by atoms with Gasteiger partial charge in [0.2, 0.25) is 5.89 Å². The molecule has 0 aliphatic heterocycles. The Morgan fingerprint density at radius 1 is 1.57 bits per heavy atom. The fraction of sp³-hybridized carbons (Fsp3) is 0.222. The van der Waals surface area contributed by atoms with E-state index in [1.165, 1.54) is 0 Å². The molecule has 3 nitrogen and oxygen atoms in total. The highest BCUT2D eigenvalue weighted by Crippen LogP contribution is 2.30. The highest BCUT2D eigenvalue weighted by Gasteiger charge is 2.09. The molecule has 1 heterocycles. The number of aromatic nitrogens is 1. The Hall–Kier alpha value is -0.740. The lowest BCUT2D eigenvalue weighted by Gasteiger charge is -1.98. The summed E-state index contributed by atoms with van der Waals surface area (Å²) >= 11 is 9.00. The maximum absolute atomic E-state index is 5.62. The molecule has 0 N–H and O–H groups in total. The Morgan fingerprint density at radius 2 is 2.36 bits per heavy atom. The number of oxazole rings is 1. The highest BCUT2D eigenvalue weighted by molar-refractivity contribution is 9.10. The third-order valence-electron chi connectivity index (χ3n) is 1.81. The quantitative estimate of drug-likeness (QED) is 0.789. The molecule has 5 heteroatoms. The summed E-state index contributed by atoms with van der Waals surface area (Å²) in [5, 5.41) is 0. The molecule has 1 aromatic heterocycles. The van der Waals surface area contributed by atoms with E-state index in [2.05, 4.69) is 20.9 Å². The second-order valence-corrected chi connectivity index (χ2v) is 3.82. The predicted octanol–water partition coefficient (Wildman–Crippen LogP) is 3.34. The van der Waals surface area contributed by atoms with Gasteiger partial charge in [-0.15, -0.1) is 11.6 Å². The number of halogens is 2. The first-order chi connectivity index (χ1) is 6.74. The molecule has 0 unspecified atom stereocenters. The molecule has 1 aromatic carbocycles. The number of ether oxygens (including phenoxy) is 1. The van der Waals surface area contributed by atoms with Crippen molar-refractivity contribution >= 4 is 38.6 Å². The van der Waals surface area contributed by atoms with E-state index in [1.54, 1.807) is 13.2 Å². The van der Waals surface area contributed by atoms with Crippen LogP contribution in [0, 0.1) is 0 Å². The van der Waals surface area contributed by atoms with Crippen molar-refractivity contribution in [1.29, 1.82) is 0 Å². The van der Waals surface area contributed by atoms with Crippen molar-refractivity contribution < 1.29 is 9.15 Å². The monoisotopic (exact) mass is 275 g/mol. The summed E-state index contributed by atoms with van der Waals surface area (Å²) in [7, 11) is 1.61. The van der Waals surface area contributed by atoms with E-state index in [0.29, 0.717) is 11.5 Å². The maximum atomic E-state index is 5.62. The van der Waals surface area contributed by atoms with E-state index in [1.807, 2.05) is 6.07 Å². The lowest BCUT2D eigenvalue weighted by Crippen LogP contribution is -1.82. The number of hydrogen-bond acceptors (Lipinski definition) is 3. The van der Waals surface area contributed by atoms with Crippen molar-refractivity contribution in [3.05, 3.63) is 22.5 Å². The average molecular weight is 277 g/mol. The molecule has 2 rings (SSSR count). The van der Waals surface area contributed by atoms with Crippen molar-refractivity contribution in [3.63, 3.8) is 0 Å². The molecule has 0 saturated heterocycles. The van der Waals surface area contributed by atoms with Gasteiger partial charge in [0.25, 0.3) is 0 Å². The SMILES string of the molecule is COc1cc(Br)c2oc(CCl)nc2c1. The van der Waals surface area contributed by atoms with Crippen LogP contribution in [0.15, 0.2) is 21.0 Å². The van der Waals surface area contributed by atoms with Gasteiger partial charge in [0.1, 0.15) is 11.3 Å². The topological polar surface area (TPSA) is 35.3 Å². The normalized spacial score (nSPS) is 10.8. The molecule has 14 heavy (non-hydrogen) atoms. The van der Waals surface area contributed by atoms with Crippen LogP contribution in [-0.2, 0) is 5.88 Å². The van der Waals surface area contributed by atoms with Gasteiger partial charge in [-0.05, 0) is 22.0 Å². The molecule has 0 spiro atoms. The molecule has 74 valence electrons. The summed E-state index contributed by atoms with van der Waals surface area (Å²) in [6.07, 6.45) is 0. The van der Waals surface area contributed by atoms with Crippen LogP contribution in [0.1, 0.15) is 5.89 Å². The summed E-state index contributed by atoms with van der Waals surface area (Å²) < 4.78 is 11.3. The zero-order chi connectivity index (χ0) is 10.1. The van der Waals surface area contributed by atoms with Crippen LogP contribution in [0.3, 0.4) is 0 Å². The molecule has 0 radical (unpaired) electrons. The van der Waals surface area contributed by atoms with Gasteiger partial charge in [-0.2, -0.15) is 0 Å². The molecular formula is C9H7BrClNO2. The van der Waals surface area contributed by atoms with Crippen LogP contribution in [-0.4, -0.2) is 12.1 Å². The van der Waals surface area contributed by atoms with Crippen LogP contribution in [0.5, 0.6) is 5.75 Å². The predicted molar refractivity (Wildman–Crippen MR) is 57.8 cm³/mol. The Bertz CT molecular complexity index is 469. The molecule has 0 fully saturated rings. The Morgan fingerprint density at radius 3 is 3.00 bits per heavy atom. The van der Waals surface area contributed by atoms with E-state index in [4.69, 9.17) is 20.8 Å². The lowest BCUT2D eigenvalue weighted by atomic mass is 10.3. The van der Waals surface area contributed by atoms with Crippen LogP contribution >= 0.6 is 27.5 Å². The first-order valence-electron chi connectivity index (χ1n) is 3.93. The van der Waals surface area contributed by atoms with Gasteiger partial charge in [0.15, 0.2) is 5.58 Å². The standard InChI is InChI=1S/C9H7BrClNO2/c1-13-5-2-6(10)9-7(3-5)12-8(4-11)14-9/h2-3H,4H2,1H3. The number of alkyl halides is 1. The minimum Gasteiger partial charge on any atom is -0.497 e. The van der Waals surface area contributed by atoms with Gasteiger partial charge in [-0.25, -0.2) is 4.98 Å². The third kappa shape index (κ3) is 1.60. The molecule has 0 amide bonds. The summed E-state index contributed by atoms with van der Waals surface area (Å²) in [5.74, 6) is 1.51. The fourth-order valence-electron chi connectivity index (χ4n) is 1.19. The zero-order valence-electron chi connectivity index (χ0n) is 7.38.